The highest BCUT2D eigenvalue weighted by molar-refractivity contribution is 5.91. The molecule has 0 unspecified atom stereocenters. The summed E-state index contributed by atoms with van der Waals surface area (Å²) < 4.78 is 80.5. The van der Waals surface area contributed by atoms with Crippen molar-refractivity contribution in [3.63, 3.8) is 0 Å². The maximum absolute atomic E-state index is 15.0. The number of carbonyl (C=O) groups excluding carboxylic acids is 9. The second kappa shape index (κ2) is 22.6. The highest BCUT2D eigenvalue weighted by Gasteiger charge is 2.57. The summed E-state index contributed by atoms with van der Waals surface area (Å²) in [5, 5.41) is -0.462. The molecule has 3 heterocycles. The van der Waals surface area contributed by atoms with Gasteiger partial charge in [0.25, 0.3) is 0 Å². The van der Waals surface area contributed by atoms with Crippen LogP contribution in [0.5, 0.6) is 23.0 Å². The van der Waals surface area contributed by atoms with Crippen molar-refractivity contribution in [1.29, 1.82) is 0 Å². The van der Waals surface area contributed by atoms with E-state index in [9.17, 15) is 43.2 Å². The average molecular weight is 973 g/mol. The molecule has 3 aromatic rings. The number of ether oxygens (including phenoxy) is 13. The molecule has 0 bridgehead atoms. The van der Waals surface area contributed by atoms with Gasteiger partial charge in [-0.1, -0.05) is 0 Å². The third-order valence-electron chi connectivity index (χ3n) is 9.59. The van der Waals surface area contributed by atoms with E-state index >= 15 is 4.79 Å². The average Bonchev–Trinajstić information content (AvgIpc) is 3.21. The molecule has 1 aromatic heterocycles. The van der Waals surface area contributed by atoms with Crippen LogP contribution in [0.3, 0.4) is 0 Å². The Morgan fingerprint density at radius 1 is 0.522 bits per heavy atom. The summed E-state index contributed by atoms with van der Waals surface area (Å²) in [6.45, 7) is 10.1. The monoisotopic (exact) mass is 972 g/mol. The lowest BCUT2D eigenvalue weighted by Crippen LogP contribution is -2.67. The predicted octanol–water partition coefficient (Wildman–Crippen LogP) is 2.69. The van der Waals surface area contributed by atoms with Crippen LogP contribution < -0.4 is 24.4 Å². The number of hydrogen-bond donors (Lipinski definition) is 0. The van der Waals surface area contributed by atoms with Crippen molar-refractivity contribution in [3.05, 3.63) is 46.6 Å². The molecular weight excluding hydrogens is 924 g/mol. The first-order valence-corrected chi connectivity index (χ1v) is 20.8. The molecule has 0 amide bonds. The second-order valence-corrected chi connectivity index (χ2v) is 15.3. The number of hydrogen-bond acceptors (Lipinski definition) is 24. The number of esters is 9. The van der Waals surface area contributed by atoms with Crippen molar-refractivity contribution in [2.75, 3.05) is 6.61 Å². The van der Waals surface area contributed by atoms with Crippen LogP contribution in [0.25, 0.3) is 22.3 Å². The van der Waals surface area contributed by atoms with Gasteiger partial charge in [0.15, 0.2) is 48.7 Å². The Morgan fingerprint density at radius 2 is 1.03 bits per heavy atom. The Labute approximate surface area is 391 Å². The molecule has 0 aliphatic carbocycles. The number of fused-ring (bicyclic) bond motifs is 1. The molecule has 2 saturated heterocycles. The molecule has 69 heavy (non-hydrogen) atoms. The van der Waals surface area contributed by atoms with E-state index in [2.05, 4.69) is 0 Å². The zero-order chi connectivity index (χ0) is 51.0. The highest BCUT2D eigenvalue weighted by atomic mass is 16.8. The molecule has 2 aliphatic rings. The fraction of sp³-hybridized carbons (Fsp3) is 0.467. The first kappa shape index (κ1) is 52.5. The molecule has 0 spiro atoms. The topological polar surface area (TPSA) is 304 Å². The van der Waals surface area contributed by atoms with Gasteiger partial charge in [0.2, 0.25) is 17.5 Å². The van der Waals surface area contributed by atoms with Gasteiger partial charge in [-0.2, -0.15) is 0 Å². The Bertz CT molecular complexity index is 2540. The summed E-state index contributed by atoms with van der Waals surface area (Å²) in [5.74, 6) is -9.74. The lowest BCUT2D eigenvalue weighted by atomic mass is 9.96. The molecule has 5 rings (SSSR count). The second-order valence-electron chi connectivity index (χ2n) is 15.3. The van der Waals surface area contributed by atoms with E-state index in [1.165, 1.54) is 31.2 Å². The van der Waals surface area contributed by atoms with Gasteiger partial charge in [0.1, 0.15) is 40.9 Å². The first-order chi connectivity index (χ1) is 32.4. The van der Waals surface area contributed by atoms with Gasteiger partial charge in [0.05, 0.1) is 6.10 Å². The van der Waals surface area contributed by atoms with Gasteiger partial charge in [-0.25, -0.2) is 0 Å². The van der Waals surface area contributed by atoms with E-state index in [1.807, 2.05) is 0 Å². The minimum atomic E-state index is -2.10. The van der Waals surface area contributed by atoms with Crippen LogP contribution in [0.4, 0.5) is 0 Å². The fourth-order valence-electron chi connectivity index (χ4n) is 7.30. The maximum Gasteiger partial charge on any atom is 0.308 e. The largest absolute Gasteiger partial charge is 0.463 e. The minimum absolute atomic E-state index is 0.0472. The maximum atomic E-state index is 15.0. The van der Waals surface area contributed by atoms with Crippen molar-refractivity contribution in [2.45, 2.75) is 131 Å². The van der Waals surface area contributed by atoms with Crippen LogP contribution in [0, 0.1) is 0 Å². The van der Waals surface area contributed by atoms with Crippen molar-refractivity contribution in [1.82, 2.24) is 0 Å². The van der Waals surface area contributed by atoms with E-state index in [0.29, 0.717) is 0 Å². The quantitative estimate of drug-likeness (QED) is 0.120. The van der Waals surface area contributed by atoms with E-state index < -0.39 is 150 Å². The summed E-state index contributed by atoms with van der Waals surface area (Å²) in [6, 6.07) is 7.57. The molecule has 24 heteroatoms. The molecule has 372 valence electrons. The van der Waals surface area contributed by atoms with E-state index in [1.54, 1.807) is 0 Å². The SMILES string of the molecule is CC(=O)OC[C@H]1O[C@@H](Oc2c(-c3ccc(OC(C)=O)cc3)oc3cc(OC(C)=O)cc(OC(C)=O)c3c2=O)[C@H](O[C@@H]2O[C@@H](C)[C@H](OC(C)=O)[C@@H](OC(C)=O)[C@H]2OC(C)=O)[C@@H](OC(C)=O)[C@@H]1OC(C)=O. The lowest BCUT2D eigenvalue weighted by Gasteiger charge is -2.48. The first-order valence-electron chi connectivity index (χ1n) is 20.8. The van der Waals surface area contributed by atoms with E-state index in [-0.39, 0.29) is 22.6 Å². The van der Waals surface area contributed by atoms with Crippen LogP contribution in [0.2, 0.25) is 0 Å². The van der Waals surface area contributed by atoms with E-state index in [0.717, 1.165) is 74.4 Å². The molecule has 2 aromatic carbocycles. The molecule has 0 saturated carbocycles. The van der Waals surface area contributed by atoms with Gasteiger partial charge in [0, 0.05) is 80.0 Å². The fourth-order valence-corrected chi connectivity index (χ4v) is 7.30. The predicted molar refractivity (Wildman–Crippen MR) is 225 cm³/mol. The molecule has 24 nitrogen and oxygen atoms in total. The standard InChI is InChI=1S/C45H48O24/c1-18-36(61-23(6)50)40(63-25(8)52)42(65-27(10)54)44(57-18)69-43-41(64-26(9)53)38(62-24(7)51)33(17-56-19(2)46)67-45(43)68-39-35(55)34-31(60-22(5)49)15-30(59-21(4)48)16-32(34)66-37(39)28-11-13-29(14-12-28)58-20(3)47/h11-16,18,33,36,38,40-45H,17H2,1-10H3/t18-,33+,36-,38+,40+,41-,42+,43+,44-,45-/m0/s1. The molecule has 0 radical (unpaired) electrons. The Balaban J connectivity index is 1.81. The van der Waals surface area contributed by atoms with Crippen LogP contribution in [-0.2, 0) is 85.8 Å². The van der Waals surface area contributed by atoms with Crippen LogP contribution >= 0.6 is 0 Å². The molecular formula is C45H48O24. The van der Waals surface area contributed by atoms with Crippen LogP contribution in [0.1, 0.15) is 69.2 Å². The van der Waals surface area contributed by atoms with Crippen molar-refractivity contribution >= 4 is 64.7 Å². The summed E-state index contributed by atoms with van der Waals surface area (Å²) in [6.07, 6.45) is -17.3. The molecule has 2 fully saturated rings. The lowest BCUT2D eigenvalue weighted by molar-refractivity contribution is -0.356. The third kappa shape index (κ3) is 13.6. The van der Waals surface area contributed by atoms with E-state index in [4.69, 9.17) is 66.0 Å². The van der Waals surface area contributed by atoms with Crippen molar-refractivity contribution in [2.24, 2.45) is 0 Å². The van der Waals surface area contributed by atoms with Gasteiger partial charge in [-0.15, -0.1) is 0 Å². The summed E-state index contributed by atoms with van der Waals surface area (Å²) in [4.78, 5) is 127. The molecule has 10 atom stereocenters. The normalized spacial score (nSPS) is 24.1. The van der Waals surface area contributed by atoms with Crippen LogP contribution in [0.15, 0.2) is 45.6 Å². The Kier molecular flexibility index (Phi) is 17.2. The van der Waals surface area contributed by atoms with Gasteiger partial charge in [-0.3, -0.25) is 47.9 Å². The third-order valence-corrected chi connectivity index (χ3v) is 9.59. The van der Waals surface area contributed by atoms with Gasteiger partial charge >= 0.3 is 53.7 Å². The summed E-state index contributed by atoms with van der Waals surface area (Å²) in [7, 11) is 0. The summed E-state index contributed by atoms with van der Waals surface area (Å²) >= 11 is 0. The minimum Gasteiger partial charge on any atom is -0.463 e. The van der Waals surface area contributed by atoms with Crippen LogP contribution in [-0.4, -0.2) is 122 Å². The van der Waals surface area contributed by atoms with Gasteiger partial charge < -0.3 is 66.0 Å². The number of rotatable bonds is 15. The van der Waals surface area contributed by atoms with Crippen molar-refractivity contribution < 1.29 is 109 Å². The zero-order valence-electron chi connectivity index (χ0n) is 38.7. The Hall–Kier alpha value is -7.44. The van der Waals surface area contributed by atoms with Gasteiger partial charge in [-0.05, 0) is 31.2 Å². The number of benzene rings is 2. The summed E-state index contributed by atoms with van der Waals surface area (Å²) in [5.41, 5.74) is -1.37. The molecule has 2 aliphatic heterocycles. The number of carbonyl (C=O) groups is 9. The highest BCUT2D eigenvalue weighted by Crippen LogP contribution is 2.41. The zero-order valence-corrected chi connectivity index (χ0v) is 38.7. The Morgan fingerprint density at radius 3 is 1.57 bits per heavy atom. The molecule has 0 N–H and O–H groups in total. The smallest absolute Gasteiger partial charge is 0.308 e. The van der Waals surface area contributed by atoms with Crippen molar-refractivity contribution in [3.8, 4) is 34.3 Å².